The third-order valence-electron chi connectivity index (χ3n) is 2.78. The van der Waals surface area contributed by atoms with E-state index in [1.54, 1.807) is 23.5 Å². The predicted molar refractivity (Wildman–Crippen MR) is 75.9 cm³/mol. The van der Waals surface area contributed by atoms with Crippen molar-refractivity contribution in [2.24, 2.45) is 0 Å². The van der Waals surface area contributed by atoms with Gasteiger partial charge < -0.3 is 5.32 Å². The quantitative estimate of drug-likeness (QED) is 0.856. The van der Waals surface area contributed by atoms with Gasteiger partial charge in [-0.2, -0.15) is 0 Å². The molecule has 96 valence electrons. The molecule has 0 saturated heterocycles. The largest absolute Gasteiger partial charge is 0.310 e. The van der Waals surface area contributed by atoms with E-state index < -0.39 is 0 Å². The Bertz CT molecular complexity index is 478. The van der Waals surface area contributed by atoms with Crippen LogP contribution >= 0.6 is 22.9 Å². The zero-order chi connectivity index (χ0) is 13.0. The number of rotatable bonds is 5. The van der Waals surface area contributed by atoms with Crippen LogP contribution in [-0.2, 0) is 6.42 Å². The highest BCUT2D eigenvalue weighted by molar-refractivity contribution is 7.09. The number of thiophene rings is 1. The monoisotopic (exact) mass is 283 g/mol. The first-order chi connectivity index (χ1) is 8.72. The van der Waals surface area contributed by atoms with Gasteiger partial charge in [0.2, 0.25) is 0 Å². The molecule has 0 bridgehead atoms. The fraction of sp³-hybridized carbons (Fsp3) is 0.286. The lowest BCUT2D eigenvalue weighted by molar-refractivity contribution is 0.512. The van der Waals surface area contributed by atoms with Crippen LogP contribution in [0.15, 0.2) is 35.7 Å². The van der Waals surface area contributed by atoms with Crippen LogP contribution in [-0.4, -0.2) is 6.54 Å². The van der Waals surface area contributed by atoms with E-state index in [-0.39, 0.29) is 11.9 Å². The maximum absolute atomic E-state index is 13.9. The highest BCUT2D eigenvalue weighted by Crippen LogP contribution is 2.29. The minimum Gasteiger partial charge on any atom is -0.310 e. The number of hydrogen-bond acceptors (Lipinski definition) is 2. The number of nitrogens with one attached hydrogen (secondary N) is 1. The summed E-state index contributed by atoms with van der Waals surface area (Å²) in [6.45, 7) is 2.79. The van der Waals surface area contributed by atoms with Gasteiger partial charge in [-0.05, 0) is 30.1 Å². The minimum atomic E-state index is -0.245. The molecule has 18 heavy (non-hydrogen) atoms. The Kier molecular flexibility index (Phi) is 4.75. The van der Waals surface area contributed by atoms with Crippen LogP contribution in [0, 0.1) is 5.82 Å². The molecule has 1 atom stereocenters. The van der Waals surface area contributed by atoms with Crippen molar-refractivity contribution < 1.29 is 4.39 Å². The van der Waals surface area contributed by atoms with E-state index in [0.717, 1.165) is 13.0 Å². The van der Waals surface area contributed by atoms with Crippen molar-refractivity contribution >= 4 is 22.9 Å². The van der Waals surface area contributed by atoms with Crippen molar-refractivity contribution in [3.63, 3.8) is 0 Å². The highest BCUT2D eigenvalue weighted by Gasteiger charge is 2.18. The van der Waals surface area contributed by atoms with Crippen molar-refractivity contribution in [1.29, 1.82) is 0 Å². The molecule has 1 N–H and O–H groups in total. The normalized spacial score (nSPS) is 12.6. The van der Waals surface area contributed by atoms with Crippen LogP contribution in [0.5, 0.6) is 0 Å². The zero-order valence-corrected chi connectivity index (χ0v) is 11.7. The van der Waals surface area contributed by atoms with E-state index >= 15 is 0 Å². The van der Waals surface area contributed by atoms with Gasteiger partial charge in [0.15, 0.2) is 0 Å². The van der Waals surface area contributed by atoms with Gasteiger partial charge >= 0.3 is 0 Å². The molecule has 1 aromatic carbocycles. The molecule has 0 radical (unpaired) electrons. The Morgan fingerprint density at radius 3 is 2.78 bits per heavy atom. The summed E-state index contributed by atoms with van der Waals surface area (Å²) in [5.41, 5.74) is 0.564. The third-order valence-corrected chi connectivity index (χ3v) is 4.01. The Balaban J connectivity index is 2.29. The van der Waals surface area contributed by atoms with Crippen molar-refractivity contribution in [1.82, 2.24) is 5.32 Å². The molecule has 1 nitrogen and oxygen atoms in total. The molecule has 4 heteroatoms. The summed E-state index contributed by atoms with van der Waals surface area (Å²) in [5.74, 6) is -0.245. The van der Waals surface area contributed by atoms with Gasteiger partial charge in [-0.25, -0.2) is 4.39 Å². The van der Waals surface area contributed by atoms with E-state index in [4.69, 9.17) is 11.6 Å². The third kappa shape index (κ3) is 3.10. The summed E-state index contributed by atoms with van der Waals surface area (Å²) in [6, 6.07) is 8.81. The molecular formula is C14H15ClFNS. The second-order valence-corrected chi connectivity index (χ2v) is 5.47. The van der Waals surface area contributed by atoms with Crippen LogP contribution in [0.3, 0.4) is 0 Å². The van der Waals surface area contributed by atoms with Crippen LogP contribution in [0.25, 0.3) is 0 Å². The topological polar surface area (TPSA) is 12.0 Å². The molecule has 0 aliphatic heterocycles. The average molecular weight is 284 g/mol. The second-order valence-electron chi connectivity index (χ2n) is 4.03. The van der Waals surface area contributed by atoms with Crippen LogP contribution < -0.4 is 5.32 Å². The zero-order valence-electron chi connectivity index (χ0n) is 10.1. The Hall–Kier alpha value is -0.900. The molecule has 1 aromatic heterocycles. The molecule has 0 fully saturated rings. The molecule has 1 heterocycles. The fourth-order valence-corrected chi connectivity index (χ4v) is 3.04. The van der Waals surface area contributed by atoms with E-state index in [1.165, 1.54) is 10.9 Å². The van der Waals surface area contributed by atoms with E-state index in [2.05, 4.69) is 11.4 Å². The van der Waals surface area contributed by atoms with Gasteiger partial charge in [0.25, 0.3) is 0 Å². The summed E-state index contributed by atoms with van der Waals surface area (Å²) < 4.78 is 13.9. The van der Waals surface area contributed by atoms with E-state index in [1.807, 2.05) is 18.4 Å². The minimum absolute atomic E-state index is 0.0812. The summed E-state index contributed by atoms with van der Waals surface area (Å²) in [4.78, 5) is 1.22. The van der Waals surface area contributed by atoms with Crippen LogP contribution in [0.2, 0.25) is 5.02 Å². The van der Waals surface area contributed by atoms with Crippen molar-refractivity contribution in [2.75, 3.05) is 6.54 Å². The van der Waals surface area contributed by atoms with Gasteiger partial charge in [0.1, 0.15) is 5.82 Å². The lowest BCUT2D eigenvalue weighted by Gasteiger charge is -2.19. The lowest BCUT2D eigenvalue weighted by atomic mass is 10.0. The molecule has 2 rings (SSSR count). The molecule has 0 spiro atoms. The fourth-order valence-electron chi connectivity index (χ4n) is 2.00. The van der Waals surface area contributed by atoms with Gasteiger partial charge in [-0.3, -0.25) is 0 Å². The van der Waals surface area contributed by atoms with Gasteiger partial charge in [-0.1, -0.05) is 30.7 Å². The molecular weight excluding hydrogens is 269 g/mol. The van der Waals surface area contributed by atoms with Crippen LogP contribution in [0.4, 0.5) is 4.39 Å². The highest BCUT2D eigenvalue weighted by atomic mass is 35.5. The van der Waals surface area contributed by atoms with Gasteiger partial charge in [0, 0.05) is 27.9 Å². The molecule has 0 aliphatic carbocycles. The average Bonchev–Trinajstić information content (AvgIpc) is 2.82. The molecule has 0 saturated carbocycles. The van der Waals surface area contributed by atoms with Crippen molar-refractivity contribution in [2.45, 2.75) is 19.4 Å². The summed E-state index contributed by atoms with van der Waals surface area (Å²) >= 11 is 7.80. The Morgan fingerprint density at radius 1 is 1.33 bits per heavy atom. The van der Waals surface area contributed by atoms with Crippen LogP contribution in [0.1, 0.15) is 23.4 Å². The molecule has 1 unspecified atom stereocenters. The number of benzene rings is 1. The van der Waals surface area contributed by atoms with Crippen molar-refractivity contribution in [3.05, 3.63) is 57.0 Å². The predicted octanol–water partition coefficient (Wildman–Crippen LogP) is 4.43. The first kappa shape index (κ1) is 13.5. The first-order valence-corrected chi connectivity index (χ1v) is 7.17. The number of hydrogen-bond donors (Lipinski definition) is 1. The van der Waals surface area contributed by atoms with Gasteiger partial charge in [-0.15, -0.1) is 11.3 Å². The second kappa shape index (κ2) is 6.32. The smallest absolute Gasteiger partial charge is 0.129 e. The number of likely N-dealkylation sites (N-methyl/N-ethyl adjacent to an activating group) is 1. The summed E-state index contributed by atoms with van der Waals surface area (Å²) in [5, 5.41) is 5.81. The summed E-state index contributed by atoms with van der Waals surface area (Å²) in [6.07, 6.45) is 0.756. The summed E-state index contributed by atoms with van der Waals surface area (Å²) in [7, 11) is 0. The standard InChI is InChI=1S/C14H15ClFNS/c1-2-17-13(9-10-5-4-8-18-10)14-11(15)6-3-7-12(14)16/h3-8,13,17H,2,9H2,1H3. The number of halogens is 2. The lowest BCUT2D eigenvalue weighted by Crippen LogP contribution is -2.24. The molecule has 2 aromatic rings. The SMILES string of the molecule is CCNC(Cc1cccs1)c1c(F)cccc1Cl. The molecule has 0 aliphatic rings. The first-order valence-electron chi connectivity index (χ1n) is 5.92. The Morgan fingerprint density at radius 2 is 2.17 bits per heavy atom. The Labute approximate surface area is 116 Å². The maximum Gasteiger partial charge on any atom is 0.129 e. The van der Waals surface area contributed by atoms with Gasteiger partial charge in [0.05, 0.1) is 0 Å². The van der Waals surface area contributed by atoms with E-state index in [9.17, 15) is 4.39 Å². The van der Waals surface area contributed by atoms with E-state index in [0.29, 0.717) is 10.6 Å². The van der Waals surface area contributed by atoms with Crippen molar-refractivity contribution in [3.8, 4) is 0 Å². The maximum atomic E-state index is 13.9. The molecule has 0 amide bonds.